The van der Waals surface area contributed by atoms with Crippen molar-refractivity contribution in [3.05, 3.63) is 56.3 Å². The van der Waals surface area contributed by atoms with Crippen molar-refractivity contribution in [3.8, 4) is 17.2 Å². The van der Waals surface area contributed by atoms with E-state index in [1.165, 1.54) is 24.3 Å². The molecule has 0 spiro atoms. The molecule has 0 bridgehead atoms. The van der Waals surface area contributed by atoms with Crippen molar-refractivity contribution in [2.24, 2.45) is 0 Å². The van der Waals surface area contributed by atoms with Crippen molar-refractivity contribution >= 4 is 40.5 Å². The van der Waals surface area contributed by atoms with Gasteiger partial charge < -0.3 is 9.47 Å². The van der Waals surface area contributed by atoms with Gasteiger partial charge in [0.2, 0.25) is 5.75 Å². The SMILES string of the molecule is O=[N+]([O-])c1ccc(Oc2c(F)cc(Cl)cc2Cl)cc1OCCCl. The molecule has 23 heavy (non-hydrogen) atoms. The molecule has 0 radical (unpaired) electrons. The first-order valence-corrected chi connectivity index (χ1v) is 7.51. The first-order valence-electron chi connectivity index (χ1n) is 6.22. The van der Waals surface area contributed by atoms with Gasteiger partial charge in [-0.15, -0.1) is 11.6 Å². The van der Waals surface area contributed by atoms with E-state index in [9.17, 15) is 14.5 Å². The molecule has 2 aromatic rings. The number of nitro groups is 1. The Morgan fingerprint density at radius 2 is 1.96 bits per heavy atom. The van der Waals surface area contributed by atoms with Gasteiger partial charge in [0.25, 0.3) is 0 Å². The first-order chi connectivity index (χ1) is 10.9. The van der Waals surface area contributed by atoms with Crippen molar-refractivity contribution in [1.29, 1.82) is 0 Å². The topological polar surface area (TPSA) is 61.6 Å². The molecule has 0 atom stereocenters. The van der Waals surface area contributed by atoms with Gasteiger partial charge in [0, 0.05) is 17.2 Å². The van der Waals surface area contributed by atoms with Crippen molar-refractivity contribution in [3.63, 3.8) is 0 Å². The van der Waals surface area contributed by atoms with Crippen molar-refractivity contribution in [2.75, 3.05) is 12.5 Å². The molecule has 2 aromatic carbocycles. The molecule has 0 amide bonds. The number of hydrogen-bond donors (Lipinski definition) is 0. The molecule has 0 aliphatic carbocycles. The Bertz CT molecular complexity index is 719. The number of nitro benzene ring substituents is 1. The summed E-state index contributed by atoms with van der Waals surface area (Å²) in [7, 11) is 0. The van der Waals surface area contributed by atoms with Crippen LogP contribution >= 0.6 is 34.8 Å². The van der Waals surface area contributed by atoms with Gasteiger partial charge in [-0.05, 0) is 18.2 Å². The summed E-state index contributed by atoms with van der Waals surface area (Å²) in [6.45, 7) is 0.0713. The molecule has 122 valence electrons. The molecular formula is C14H9Cl3FNO4. The normalized spacial score (nSPS) is 10.4. The average molecular weight is 381 g/mol. The molecule has 0 unspecified atom stereocenters. The zero-order chi connectivity index (χ0) is 17.0. The highest BCUT2D eigenvalue weighted by Gasteiger charge is 2.18. The van der Waals surface area contributed by atoms with E-state index in [-0.39, 0.29) is 45.5 Å². The van der Waals surface area contributed by atoms with E-state index in [0.717, 1.165) is 6.07 Å². The third kappa shape index (κ3) is 4.37. The molecule has 0 saturated carbocycles. The van der Waals surface area contributed by atoms with Crippen molar-refractivity contribution in [1.82, 2.24) is 0 Å². The minimum Gasteiger partial charge on any atom is -0.485 e. The smallest absolute Gasteiger partial charge is 0.311 e. The van der Waals surface area contributed by atoms with E-state index in [0.29, 0.717) is 0 Å². The second-order valence-corrected chi connectivity index (χ2v) is 5.45. The second kappa shape index (κ2) is 7.68. The van der Waals surface area contributed by atoms with Crippen LogP contribution in [0.5, 0.6) is 17.2 Å². The number of nitrogens with zero attached hydrogens (tertiary/aromatic N) is 1. The van der Waals surface area contributed by atoms with Crippen LogP contribution in [0.3, 0.4) is 0 Å². The van der Waals surface area contributed by atoms with Gasteiger partial charge >= 0.3 is 5.69 Å². The van der Waals surface area contributed by atoms with Crippen LogP contribution in [0.2, 0.25) is 10.0 Å². The highest BCUT2D eigenvalue weighted by Crippen LogP contribution is 2.37. The number of halogens is 4. The molecule has 5 nitrogen and oxygen atoms in total. The Balaban J connectivity index is 2.35. The highest BCUT2D eigenvalue weighted by atomic mass is 35.5. The molecule has 0 aliphatic rings. The fourth-order valence-electron chi connectivity index (χ4n) is 1.72. The fourth-order valence-corrected chi connectivity index (χ4v) is 2.30. The van der Waals surface area contributed by atoms with Crippen molar-refractivity contribution < 1.29 is 18.8 Å². The van der Waals surface area contributed by atoms with Gasteiger partial charge in [-0.1, -0.05) is 23.2 Å². The molecule has 0 saturated heterocycles. The van der Waals surface area contributed by atoms with Crippen LogP contribution in [-0.4, -0.2) is 17.4 Å². The molecule has 0 aromatic heterocycles. The number of rotatable bonds is 6. The van der Waals surface area contributed by atoms with E-state index < -0.39 is 10.7 Å². The summed E-state index contributed by atoms with van der Waals surface area (Å²) < 4.78 is 24.4. The van der Waals surface area contributed by atoms with Crippen LogP contribution in [-0.2, 0) is 0 Å². The van der Waals surface area contributed by atoms with Gasteiger partial charge in [0.1, 0.15) is 12.4 Å². The predicted octanol–water partition coefficient (Wildman–Crippen LogP) is 5.45. The van der Waals surface area contributed by atoms with Gasteiger partial charge in [0.05, 0.1) is 15.8 Å². The Morgan fingerprint density at radius 1 is 1.22 bits per heavy atom. The fraction of sp³-hybridized carbons (Fsp3) is 0.143. The van der Waals surface area contributed by atoms with Crippen molar-refractivity contribution in [2.45, 2.75) is 0 Å². The second-order valence-electron chi connectivity index (χ2n) is 4.22. The number of ether oxygens (including phenoxy) is 2. The summed E-state index contributed by atoms with van der Waals surface area (Å²) in [6, 6.07) is 6.10. The highest BCUT2D eigenvalue weighted by molar-refractivity contribution is 6.35. The van der Waals surface area contributed by atoms with E-state index in [4.69, 9.17) is 44.3 Å². The zero-order valence-corrected chi connectivity index (χ0v) is 13.7. The molecule has 0 fully saturated rings. The Labute approximate surface area is 145 Å². The molecule has 0 aliphatic heterocycles. The minimum absolute atomic E-state index is 0.0309. The summed E-state index contributed by atoms with van der Waals surface area (Å²) in [6.07, 6.45) is 0. The summed E-state index contributed by atoms with van der Waals surface area (Å²) >= 11 is 17.1. The summed E-state index contributed by atoms with van der Waals surface area (Å²) in [5.41, 5.74) is -0.259. The van der Waals surface area contributed by atoms with E-state index in [2.05, 4.69) is 0 Å². The van der Waals surface area contributed by atoms with Gasteiger partial charge in [-0.2, -0.15) is 0 Å². The van der Waals surface area contributed by atoms with E-state index in [1.807, 2.05) is 0 Å². The van der Waals surface area contributed by atoms with Crippen LogP contribution in [0.4, 0.5) is 10.1 Å². The lowest BCUT2D eigenvalue weighted by Crippen LogP contribution is -2.02. The van der Waals surface area contributed by atoms with E-state index >= 15 is 0 Å². The summed E-state index contributed by atoms with van der Waals surface area (Å²) in [5.74, 6) is -0.779. The van der Waals surface area contributed by atoms with Crippen LogP contribution in [0.1, 0.15) is 0 Å². The molecule has 9 heteroatoms. The lowest BCUT2D eigenvalue weighted by atomic mass is 10.2. The van der Waals surface area contributed by atoms with Crippen LogP contribution in [0, 0.1) is 15.9 Å². The third-order valence-corrected chi connectivity index (χ3v) is 3.30. The Kier molecular flexibility index (Phi) is 5.87. The Morgan fingerprint density at radius 3 is 2.57 bits per heavy atom. The van der Waals surface area contributed by atoms with Gasteiger partial charge in [-0.3, -0.25) is 10.1 Å². The molecular weight excluding hydrogens is 372 g/mol. The van der Waals surface area contributed by atoms with Gasteiger partial charge in [0.15, 0.2) is 11.6 Å². The standard InChI is InChI=1S/C14H9Cl3FNO4/c15-3-4-22-13-7-9(1-2-12(13)19(20)21)23-14-10(17)5-8(16)6-11(14)18/h1-2,5-7H,3-4H2. The zero-order valence-electron chi connectivity index (χ0n) is 11.4. The monoisotopic (exact) mass is 379 g/mol. The first kappa shape index (κ1) is 17.6. The maximum Gasteiger partial charge on any atom is 0.311 e. The predicted molar refractivity (Wildman–Crippen MR) is 85.8 cm³/mol. The molecule has 0 N–H and O–H groups in total. The van der Waals surface area contributed by atoms with Crippen LogP contribution < -0.4 is 9.47 Å². The van der Waals surface area contributed by atoms with E-state index in [1.54, 1.807) is 0 Å². The Hall–Kier alpha value is -1.76. The minimum atomic E-state index is -0.760. The third-order valence-electron chi connectivity index (χ3n) is 2.65. The average Bonchev–Trinajstić information content (AvgIpc) is 2.48. The molecule has 0 heterocycles. The van der Waals surface area contributed by atoms with Crippen LogP contribution in [0.15, 0.2) is 30.3 Å². The maximum atomic E-state index is 13.9. The quantitative estimate of drug-likeness (QED) is 0.380. The number of hydrogen-bond acceptors (Lipinski definition) is 4. The summed E-state index contributed by atoms with van der Waals surface area (Å²) in [4.78, 5) is 10.3. The lowest BCUT2D eigenvalue weighted by Gasteiger charge is -2.11. The largest absolute Gasteiger partial charge is 0.485 e. The maximum absolute atomic E-state index is 13.9. The molecule has 2 rings (SSSR count). The summed E-state index contributed by atoms with van der Waals surface area (Å²) in [5, 5.41) is 11.0. The number of benzene rings is 2. The lowest BCUT2D eigenvalue weighted by molar-refractivity contribution is -0.385. The number of alkyl halides is 1. The van der Waals surface area contributed by atoms with Gasteiger partial charge in [-0.25, -0.2) is 4.39 Å². The van der Waals surface area contributed by atoms with Crippen LogP contribution in [0.25, 0.3) is 0 Å².